The van der Waals surface area contributed by atoms with Gasteiger partial charge in [0.2, 0.25) is 0 Å². The highest BCUT2D eigenvalue weighted by Gasteiger charge is 2.42. The van der Waals surface area contributed by atoms with Gasteiger partial charge in [0.15, 0.2) is 5.78 Å². The number of benzene rings is 1. The first-order chi connectivity index (χ1) is 8.61. The Morgan fingerprint density at radius 3 is 2.89 bits per heavy atom. The second-order valence-corrected chi connectivity index (χ2v) is 5.04. The number of carbonyl (C=O) groups is 1. The van der Waals surface area contributed by atoms with Gasteiger partial charge in [-0.05, 0) is 36.6 Å². The predicted octanol–water partition coefficient (Wildman–Crippen LogP) is 3.15. The van der Waals surface area contributed by atoms with Crippen molar-refractivity contribution in [3.8, 4) is 11.8 Å². The Morgan fingerprint density at radius 2 is 2.33 bits per heavy atom. The average molecular weight is 264 g/mol. The lowest BCUT2D eigenvalue weighted by molar-refractivity contribution is -0.123. The molecule has 1 unspecified atom stereocenters. The zero-order valence-corrected chi connectivity index (χ0v) is 11.0. The molecule has 1 saturated carbocycles. The number of halogens is 1. The molecule has 18 heavy (non-hydrogen) atoms. The standard InChI is InChI=1S/C14H14ClNO2/c1-18-12-5-4-11(15)7-10(12)8-14(9-16)6-2-3-13(14)17/h4-5,7H,2-3,6,8H2,1H3. The molecule has 0 amide bonds. The van der Waals surface area contributed by atoms with Crippen LogP contribution in [0.1, 0.15) is 24.8 Å². The SMILES string of the molecule is COc1ccc(Cl)cc1CC1(C#N)CCCC1=O. The van der Waals surface area contributed by atoms with E-state index in [2.05, 4.69) is 6.07 Å². The van der Waals surface area contributed by atoms with Crippen LogP contribution < -0.4 is 4.74 Å². The van der Waals surface area contributed by atoms with Gasteiger partial charge in [0.25, 0.3) is 0 Å². The minimum atomic E-state index is -0.891. The maximum atomic E-state index is 11.9. The van der Waals surface area contributed by atoms with Crippen molar-refractivity contribution in [2.24, 2.45) is 5.41 Å². The Bertz CT molecular complexity index is 521. The van der Waals surface area contributed by atoms with E-state index in [9.17, 15) is 10.1 Å². The summed E-state index contributed by atoms with van der Waals surface area (Å²) in [5, 5.41) is 9.92. The van der Waals surface area contributed by atoms with E-state index in [0.29, 0.717) is 30.0 Å². The van der Waals surface area contributed by atoms with Crippen LogP contribution in [0.3, 0.4) is 0 Å². The van der Waals surface area contributed by atoms with Crippen LogP contribution in [0.15, 0.2) is 18.2 Å². The van der Waals surface area contributed by atoms with Crippen molar-refractivity contribution in [1.82, 2.24) is 0 Å². The Hall–Kier alpha value is -1.53. The van der Waals surface area contributed by atoms with Crippen LogP contribution >= 0.6 is 11.6 Å². The molecule has 2 rings (SSSR count). The van der Waals surface area contributed by atoms with Gasteiger partial charge in [0.05, 0.1) is 13.2 Å². The summed E-state index contributed by atoms with van der Waals surface area (Å²) in [6.07, 6.45) is 2.29. The Labute approximate surface area is 111 Å². The van der Waals surface area contributed by atoms with Crippen molar-refractivity contribution in [2.45, 2.75) is 25.7 Å². The molecule has 1 aliphatic rings. The molecule has 1 aromatic carbocycles. The number of methoxy groups -OCH3 is 1. The van der Waals surface area contributed by atoms with Gasteiger partial charge in [-0.25, -0.2) is 0 Å². The van der Waals surface area contributed by atoms with E-state index >= 15 is 0 Å². The highest BCUT2D eigenvalue weighted by Crippen LogP contribution is 2.39. The Kier molecular flexibility index (Phi) is 3.58. The highest BCUT2D eigenvalue weighted by atomic mass is 35.5. The molecule has 0 bridgehead atoms. The van der Waals surface area contributed by atoms with Crippen LogP contribution in [0.25, 0.3) is 0 Å². The third-order valence-corrected chi connectivity index (χ3v) is 3.72. The minimum Gasteiger partial charge on any atom is -0.496 e. The fourth-order valence-electron chi connectivity index (χ4n) is 2.48. The van der Waals surface area contributed by atoms with Gasteiger partial charge in [0.1, 0.15) is 11.2 Å². The fourth-order valence-corrected chi connectivity index (χ4v) is 2.68. The Morgan fingerprint density at radius 1 is 1.56 bits per heavy atom. The molecule has 0 radical (unpaired) electrons. The quantitative estimate of drug-likeness (QED) is 0.842. The lowest BCUT2D eigenvalue weighted by Gasteiger charge is -2.20. The molecule has 4 heteroatoms. The van der Waals surface area contributed by atoms with Crippen molar-refractivity contribution >= 4 is 17.4 Å². The van der Waals surface area contributed by atoms with E-state index in [1.54, 1.807) is 25.3 Å². The Balaban J connectivity index is 2.36. The maximum Gasteiger partial charge on any atom is 0.153 e. The molecule has 0 heterocycles. The summed E-state index contributed by atoms with van der Waals surface area (Å²) in [5.74, 6) is 0.709. The number of hydrogen-bond acceptors (Lipinski definition) is 3. The number of ether oxygens (including phenoxy) is 1. The van der Waals surface area contributed by atoms with Crippen LogP contribution in [0.5, 0.6) is 5.75 Å². The van der Waals surface area contributed by atoms with Gasteiger partial charge in [-0.3, -0.25) is 4.79 Å². The largest absolute Gasteiger partial charge is 0.496 e. The maximum absolute atomic E-state index is 11.9. The average Bonchev–Trinajstić information content (AvgIpc) is 2.72. The van der Waals surface area contributed by atoms with Gasteiger partial charge in [0, 0.05) is 17.9 Å². The van der Waals surface area contributed by atoms with Crippen molar-refractivity contribution in [2.75, 3.05) is 7.11 Å². The molecule has 94 valence electrons. The molecule has 3 nitrogen and oxygen atoms in total. The van der Waals surface area contributed by atoms with E-state index in [-0.39, 0.29) is 5.78 Å². The first kappa shape index (κ1) is 12.9. The lowest BCUT2D eigenvalue weighted by atomic mass is 9.80. The third kappa shape index (κ3) is 2.21. The van der Waals surface area contributed by atoms with Gasteiger partial charge >= 0.3 is 0 Å². The lowest BCUT2D eigenvalue weighted by Crippen LogP contribution is -2.26. The number of ketones is 1. The van der Waals surface area contributed by atoms with Crippen LogP contribution in [0.4, 0.5) is 0 Å². The molecule has 1 aromatic rings. The topological polar surface area (TPSA) is 50.1 Å². The van der Waals surface area contributed by atoms with Gasteiger partial charge in [-0.1, -0.05) is 11.6 Å². The van der Waals surface area contributed by atoms with Crippen LogP contribution in [0.2, 0.25) is 5.02 Å². The zero-order valence-electron chi connectivity index (χ0n) is 10.2. The molecule has 0 N–H and O–H groups in total. The van der Waals surface area contributed by atoms with E-state index in [4.69, 9.17) is 16.3 Å². The smallest absolute Gasteiger partial charge is 0.153 e. The van der Waals surface area contributed by atoms with Crippen molar-refractivity contribution < 1.29 is 9.53 Å². The second kappa shape index (κ2) is 4.99. The van der Waals surface area contributed by atoms with Gasteiger partial charge < -0.3 is 4.74 Å². The molecule has 0 saturated heterocycles. The number of nitrogens with zero attached hydrogens (tertiary/aromatic N) is 1. The molecule has 0 spiro atoms. The van der Waals surface area contributed by atoms with E-state index in [0.717, 1.165) is 12.0 Å². The summed E-state index contributed by atoms with van der Waals surface area (Å²) < 4.78 is 5.26. The summed E-state index contributed by atoms with van der Waals surface area (Å²) in [7, 11) is 1.57. The fraction of sp³-hybridized carbons (Fsp3) is 0.429. The number of rotatable bonds is 3. The van der Waals surface area contributed by atoms with Crippen LogP contribution in [-0.2, 0) is 11.2 Å². The molecule has 0 aromatic heterocycles. The van der Waals surface area contributed by atoms with Crippen LogP contribution in [0, 0.1) is 16.7 Å². The predicted molar refractivity (Wildman–Crippen MR) is 68.6 cm³/mol. The molecular formula is C14H14ClNO2. The van der Waals surface area contributed by atoms with Crippen molar-refractivity contribution in [1.29, 1.82) is 5.26 Å². The summed E-state index contributed by atoms with van der Waals surface area (Å²) in [6, 6.07) is 7.47. The normalized spacial score (nSPS) is 22.8. The van der Waals surface area contributed by atoms with E-state index in [1.165, 1.54) is 0 Å². The van der Waals surface area contributed by atoms with E-state index < -0.39 is 5.41 Å². The number of Topliss-reactive ketones (excluding diaryl/α,β-unsaturated/α-hetero) is 1. The van der Waals surface area contributed by atoms with Crippen molar-refractivity contribution in [3.05, 3.63) is 28.8 Å². The monoisotopic (exact) mass is 263 g/mol. The van der Waals surface area contributed by atoms with E-state index in [1.807, 2.05) is 0 Å². The zero-order chi connectivity index (χ0) is 13.2. The first-order valence-corrected chi connectivity index (χ1v) is 6.26. The second-order valence-electron chi connectivity index (χ2n) is 4.60. The minimum absolute atomic E-state index is 0.0343. The third-order valence-electron chi connectivity index (χ3n) is 3.49. The number of hydrogen-bond donors (Lipinski definition) is 0. The van der Waals surface area contributed by atoms with Gasteiger partial charge in [-0.2, -0.15) is 5.26 Å². The van der Waals surface area contributed by atoms with Gasteiger partial charge in [-0.15, -0.1) is 0 Å². The molecule has 0 aliphatic heterocycles. The summed E-state index contributed by atoms with van der Waals surface area (Å²) in [4.78, 5) is 11.9. The number of carbonyl (C=O) groups excluding carboxylic acids is 1. The molecule has 1 aliphatic carbocycles. The summed E-state index contributed by atoms with van der Waals surface area (Å²) in [6.45, 7) is 0. The molecular weight excluding hydrogens is 250 g/mol. The first-order valence-electron chi connectivity index (χ1n) is 5.88. The molecule has 1 atom stereocenters. The summed E-state index contributed by atoms with van der Waals surface area (Å²) in [5.41, 5.74) is -0.0698. The van der Waals surface area contributed by atoms with Crippen LogP contribution in [-0.4, -0.2) is 12.9 Å². The van der Waals surface area contributed by atoms with Crippen molar-refractivity contribution in [3.63, 3.8) is 0 Å². The highest BCUT2D eigenvalue weighted by molar-refractivity contribution is 6.30. The summed E-state index contributed by atoms with van der Waals surface area (Å²) >= 11 is 5.96. The molecule has 1 fully saturated rings. The number of nitriles is 1.